The Balaban J connectivity index is 2.11. The molecule has 0 aromatic carbocycles. The number of amides is 1. The molecule has 0 aliphatic carbocycles. The smallest absolute Gasteiger partial charge is 0.227 e. The van der Waals surface area contributed by atoms with Gasteiger partial charge in [0.1, 0.15) is 0 Å². The highest BCUT2D eigenvalue weighted by molar-refractivity contribution is 5.79. The van der Waals surface area contributed by atoms with E-state index in [9.17, 15) is 4.79 Å². The molecule has 1 aromatic rings. The third-order valence-electron chi connectivity index (χ3n) is 4.45. The van der Waals surface area contributed by atoms with E-state index in [0.717, 1.165) is 42.9 Å². The van der Waals surface area contributed by atoms with E-state index in [0.29, 0.717) is 19.0 Å². The van der Waals surface area contributed by atoms with Crippen molar-refractivity contribution < 1.29 is 9.53 Å². The van der Waals surface area contributed by atoms with Crippen LogP contribution in [0.15, 0.2) is 0 Å². The van der Waals surface area contributed by atoms with Gasteiger partial charge in [-0.25, -0.2) is 0 Å². The topological polar surface area (TPSA) is 47.4 Å². The molecule has 2 heterocycles. The Bertz CT molecular complexity index is 522. The number of carbonyl (C=O) groups excluding carboxylic acids is 1. The average Bonchev–Trinajstić information content (AvgIpc) is 2.69. The van der Waals surface area contributed by atoms with Crippen molar-refractivity contribution in [3.63, 3.8) is 0 Å². The highest BCUT2D eigenvalue weighted by Crippen LogP contribution is 2.19. The maximum absolute atomic E-state index is 12.7. The number of ether oxygens (including phenoxy) is 1. The van der Waals surface area contributed by atoms with Crippen molar-refractivity contribution in [2.75, 3.05) is 19.7 Å². The van der Waals surface area contributed by atoms with E-state index < -0.39 is 0 Å². The lowest BCUT2D eigenvalue weighted by molar-refractivity contribution is -0.131. The number of hydrogen-bond donors (Lipinski definition) is 0. The van der Waals surface area contributed by atoms with E-state index in [4.69, 9.17) is 4.74 Å². The summed E-state index contributed by atoms with van der Waals surface area (Å²) < 4.78 is 7.77. The standard InChI is InChI=1S/C17H29N3O2/c1-6-15-11-19(8-7-9-22-15)17(21)10-16-13(4)18-20(12(2)3)14(16)5/h12,15H,6-11H2,1-5H3. The Hall–Kier alpha value is -1.36. The SMILES string of the molecule is CCC1CN(C(=O)Cc2c(C)nn(C(C)C)c2C)CCCO1. The molecule has 1 atom stereocenters. The fourth-order valence-corrected chi connectivity index (χ4v) is 3.09. The van der Waals surface area contributed by atoms with Crippen molar-refractivity contribution >= 4 is 5.91 Å². The van der Waals surface area contributed by atoms with Crippen LogP contribution in [-0.4, -0.2) is 46.4 Å². The number of carbonyl (C=O) groups is 1. The number of hydrogen-bond acceptors (Lipinski definition) is 3. The molecule has 5 heteroatoms. The summed E-state index contributed by atoms with van der Waals surface area (Å²) in [6, 6.07) is 0.318. The molecule has 1 aromatic heterocycles. The molecule has 0 radical (unpaired) electrons. The first kappa shape index (κ1) is 17.0. The van der Waals surface area contributed by atoms with Crippen LogP contribution in [0.25, 0.3) is 0 Å². The molecule has 1 amide bonds. The largest absolute Gasteiger partial charge is 0.376 e. The molecule has 1 aliphatic rings. The monoisotopic (exact) mass is 307 g/mol. The van der Waals surface area contributed by atoms with Crippen molar-refractivity contribution in [3.05, 3.63) is 17.0 Å². The van der Waals surface area contributed by atoms with Crippen LogP contribution >= 0.6 is 0 Å². The molecule has 5 nitrogen and oxygen atoms in total. The lowest BCUT2D eigenvalue weighted by Gasteiger charge is -2.23. The van der Waals surface area contributed by atoms with Crippen molar-refractivity contribution in [2.24, 2.45) is 0 Å². The lowest BCUT2D eigenvalue weighted by Crippen LogP contribution is -2.37. The van der Waals surface area contributed by atoms with E-state index in [2.05, 4.69) is 32.8 Å². The highest BCUT2D eigenvalue weighted by atomic mass is 16.5. The molecule has 0 bridgehead atoms. The molecule has 1 fully saturated rings. The first-order valence-corrected chi connectivity index (χ1v) is 8.38. The minimum absolute atomic E-state index is 0.173. The molecular weight excluding hydrogens is 278 g/mol. The maximum Gasteiger partial charge on any atom is 0.227 e. The van der Waals surface area contributed by atoms with Crippen LogP contribution in [0.4, 0.5) is 0 Å². The third-order valence-corrected chi connectivity index (χ3v) is 4.45. The van der Waals surface area contributed by atoms with Crippen LogP contribution in [0.2, 0.25) is 0 Å². The molecular formula is C17H29N3O2. The normalized spacial score (nSPS) is 19.5. The van der Waals surface area contributed by atoms with Gasteiger partial charge in [-0.05, 0) is 40.5 Å². The van der Waals surface area contributed by atoms with E-state index in [1.165, 1.54) is 0 Å². The number of rotatable bonds is 4. The van der Waals surface area contributed by atoms with E-state index in [1.807, 2.05) is 16.5 Å². The van der Waals surface area contributed by atoms with Gasteiger partial charge in [0, 0.05) is 37.0 Å². The number of aromatic nitrogens is 2. The van der Waals surface area contributed by atoms with Gasteiger partial charge in [-0.2, -0.15) is 5.10 Å². The van der Waals surface area contributed by atoms with Gasteiger partial charge in [0.05, 0.1) is 18.2 Å². The second-order valence-electron chi connectivity index (χ2n) is 6.46. The molecule has 124 valence electrons. The minimum Gasteiger partial charge on any atom is -0.376 e. The molecule has 22 heavy (non-hydrogen) atoms. The summed E-state index contributed by atoms with van der Waals surface area (Å²) in [7, 11) is 0. The Kier molecular flexibility index (Phi) is 5.62. The van der Waals surface area contributed by atoms with Crippen LogP contribution in [0.1, 0.15) is 56.6 Å². The minimum atomic E-state index is 0.173. The van der Waals surface area contributed by atoms with Gasteiger partial charge in [0.15, 0.2) is 0 Å². The molecule has 2 rings (SSSR count). The summed E-state index contributed by atoms with van der Waals surface area (Å²) in [5.41, 5.74) is 3.16. The summed E-state index contributed by atoms with van der Waals surface area (Å²) in [6.45, 7) is 12.7. The molecule has 0 N–H and O–H groups in total. The highest BCUT2D eigenvalue weighted by Gasteiger charge is 2.24. The van der Waals surface area contributed by atoms with E-state index in [1.54, 1.807) is 0 Å². The zero-order valence-electron chi connectivity index (χ0n) is 14.6. The van der Waals surface area contributed by atoms with Gasteiger partial charge in [-0.1, -0.05) is 6.92 Å². The van der Waals surface area contributed by atoms with Crippen molar-refractivity contribution in [1.82, 2.24) is 14.7 Å². The molecule has 0 saturated carbocycles. The summed E-state index contributed by atoms with van der Waals surface area (Å²) in [5, 5.41) is 4.58. The Labute approximate surface area is 133 Å². The Morgan fingerprint density at radius 2 is 2.14 bits per heavy atom. The van der Waals surface area contributed by atoms with Gasteiger partial charge in [0.2, 0.25) is 5.91 Å². The predicted octanol–water partition coefficient (Wildman–Crippen LogP) is 2.65. The maximum atomic E-state index is 12.7. The third kappa shape index (κ3) is 3.69. The number of nitrogens with zero attached hydrogens (tertiary/aromatic N) is 3. The lowest BCUT2D eigenvalue weighted by atomic mass is 10.1. The van der Waals surface area contributed by atoms with Crippen molar-refractivity contribution in [2.45, 2.75) is 66.0 Å². The van der Waals surface area contributed by atoms with Gasteiger partial charge in [-0.3, -0.25) is 9.48 Å². The average molecular weight is 307 g/mol. The van der Waals surface area contributed by atoms with Crippen LogP contribution in [-0.2, 0) is 16.0 Å². The van der Waals surface area contributed by atoms with Crippen LogP contribution < -0.4 is 0 Å². The summed E-state index contributed by atoms with van der Waals surface area (Å²) in [5.74, 6) is 0.193. The first-order valence-electron chi connectivity index (χ1n) is 8.38. The Morgan fingerprint density at radius 1 is 1.41 bits per heavy atom. The first-order chi connectivity index (χ1) is 10.4. The zero-order valence-corrected chi connectivity index (χ0v) is 14.6. The zero-order chi connectivity index (χ0) is 16.3. The van der Waals surface area contributed by atoms with E-state index in [-0.39, 0.29) is 12.0 Å². The van der Waals surface area contributed by atoms with Crippen LogP contribution in [0.5, 0.6) is 0 Å². The molecule has 1 saturated heterocycles. The Morgan fingerprint density at radius 3 is 2.73 bits per heavy atom. The second kappa shape index (κ2) is 7.27. The summed E-state index contributed by atoms with van der Waals surface area (Å²) >= 11 is 0. The quantitative estimate of drug-likeness (QED) is 0.859. The van der Waals surface area contributed by atoms with Gasteiger partial charge in [0.25, 0.3) is 0 Å². The van der Waals surface area contributed by atoms with Crippen molar-refractivity contribution in [1.29, 1.82) is 0 Å². The second-order valence-corrected chi connectivity index (χ2v) is 6.46. The van der Waals surface area contributed by atoms with Crippen LogP contribution in [0, 0.1) is 13.8 Å². The fourth-order valence-electron chi connectivity index (χ4n) is 3.09. The summed E-state index contributed by atoms with van der Waals surface area (Å²) in [4.78, 5) is 14.7. The molecule has 0 spiro atoms. The van der Waals surface area contributed by atoms with Crippen molar-refractivity contribution in [3.8, 4) is 0 Å². The van der Waals surface area contributed by atoms with Crippen LogP contribution in [0.3, 0.4) is 0 Å². The summed E-state index contributed by atoms with van der Waals surface area (Å²) in [6.07, 6.45) is 2.49. The van der Waals surface area contributed by atoms with E-state index >= 15 is 0 Å². The predicted molar refractivity (Wildman–Crippen MR) is 87.0 cm³/mol. The molecule has 1 aliphatic heterocycles. The number of aryl methyl sites for hydroxylation is 1. The fraction of sp³-hybridized carbons (Fsp3) is 0.765. The molecule has 1 unspecified atom stereocenters. The van der Waals surface area contributed by atoms with Gasteiger partial charge >= 0.3 is 0 Å². The van der Waals surface area contributed by atoms with Gasteiger partial charge in [-0.15, -0.1) is 0 Å². The van der Waals surface area contributed by atoms with Gasteiger partial charge < -0.3 is 9.64 Å².